The van der Waals surface area contributed by atoms with Crippen LogP contribution in [0.3, 0.4) is 0 Å². The molecule has 6 nitrogen and oxygen atoms in total. The molecule has 0 saturated carbocycles. The maximum absolute atomic E-state index is 11.0. The van der Waals surface area contributed by atoms with Gasteiger partial charge in [-0.1, -0.05) is 36.4 Å². The van der Waals surface area contributed by atoms with Gasteiger partial charge in [-0.05, 0) is 31.2 Å². The number of ether oxygens (including phenoxy) is 1. The predicted molar refractivity (Wildman–Crippen MR) is 113 cm³/mol. The number of phenolic OH excluding ortho intramolecular Hbond substituents is 2. The number of nitrogens with one attached hydrogen (secondary N) is 1. The standard InChI is InChI=1S/C23H21N3O3/c1-14-6-3-10-19(25-14)26-21(16-8-4-9-18(29-2)22(16)27)17-12-11-15-7-5-13-24-20(15)23(17)28/h3-13,21,27-28H,1-2H3,(H,25,26)/t21-/m1/s1. The smallest absolute Gasteiger partial charge is 0.163 e. The molecule has 2 aromatic carbocycles. The summed E-state index contributed by atoms with van der Waals surface area (Å²) >= 11 is 0. The fourth-order valence-electron chi connectivity index (χ4n) is 3.41. The first-order valence-electron chi connectivity index (χ1n) is 9.21. The van der Waals surface area contributed by atoms with Gasteiger partial charge in [0.05, 0.1) is 13.2 Å². The van der Waals surface area contributed by atoms with Gasteiger partial charge in [-0.15, -0.1) is 0 Å². The molecule has 0 aliphatic heterocycles. The molecule has 0 bridgehead atoms. The highest BCUT2D eigenvalue weighted by molar-refractivity contribution is 5.86. The van der Waals surface area contributed by atoms with Crippen LogP contribution in [0.1, 0.15) is 22.9 Å². The van der Waals surface area contributed by atoms with Crippen LogP contribution in [0.5, 0.6) is 17.2 Å². The molecule has 0 radical (unpaired) electrons. The lowest BCUT2D eigenvalue weighted by atomic mass is 9.95. The first kappa shape index (κ1) is 18.6. The Hall–Kier alpha value is -3.80. The van der Waals surface area contributed by atoms with E-state index in [0.717, 1.165) is 11.1 Å². The zero-order valence-electron chi connectivity index (χ0n) is 16.1. The van der Waals surface area contributed by atoms with Crippen LogP contribution in [0.25, 0.3) is 10.9 Å². The maximum Gasteiger partial charge on any atom is 0.163 e. The van der Waals surface area contributed by atoms with Crippen LogP contribution in [0.15, 0.2) is 66.9 Å². The number of phenols is 2. The molecular formula is C23H21N3O3. The van der Waals surface area contributed by atoms with E-state index < -0.39 is 6.04 Å². The number of aromatic nitrogens is 2. The summed E-state index contributed by atoms with van der Waals surface area (Å²) < 4.78 is 5.27. The molecule has 0 amide bonds. The van der Waals surface area contributed by atoms with Crippen molar-refractivity contribution in [1.82, 2.24) is 9.97 Å². The quantitative estimate of drug-likeness (QED) is 0.465. The van der Waals surface area contributed by atoms with Gasteiger partial charge in [0, 0.05) is 28.4 Å². The van der Waals surface area contributed by atoms with Crippen molar-refractivity contribution in [3.05, 3.63) is 83.7 Å². The first-order chi connectivity index (χ1) is 14.1. The van der Waals surface area contributed by atoms with E-state index in [1.165, 1.54) is 7.11 Å². The van der Waals surface area contributed by atoms with Gasteiger partial charge in [0.1, 0.15) is 17.1 Å². The summed E-state index contributed by atoms with van der Waals surface area (Å²) in [6.45, 7) is 1.90. The summed E-state index contributed by atoms with van der Waals surface area (Å²) in [5.74, 6) is 1.03. The number of hydrogen-bond acceptors (Lipinski definition) is 6. The number of hydrogen-bond donors (Lipinski definition) is 3. The van der Waals surface area contributed by atoms with Crippen LogP contribution in [-0.2, 0) is 0 Å². The molecule has 4 aromatic rings. The van der Waals surface area contributed by atoms with E-state index in [1.54, 1.807) is 24.4 Å². The fraction of sp³-hybridized carbons (Fsp3) is 0.130. The first-order valence-corrected chi connectivity index (χ1v) is 9.21. The van der Waals surface area contributed by atoms with Crippen molar-refractivity contribution in [3.8, 4) is 17.2 Å². The lowest BCUT2D eigenvalue weighted by Gasteiger charge is -2.23. The number of methoxy groups -OCH3 is 1. The van der Waals surface area contributed by atoms with Crippen LogP contribution < -0.4 is 10.1 Å². The number of para-hydroxylation sites is 1. The van der Waals surface area contributed by atoms with Gasteiger partial charge in [-0.3, -0.25) is 4.98 Å². The highest BCUT2D eigenvalue weighted by Crippen LogP contribution is 2.41. The van der Waals surface area contributed by atoms with E-state index in [1.807, 2.05) is 49.4 Å². The Kier molecular flexibility index (Phi) is 4.91. The lowest BCUT2D eigenvalue weighted by Crippen LogP contribution is -2.14. The van der Waals surface area contributed by atoms with Gasteiger partial charge < -0.3 is 20.3 Å². The summed E-state index contributed by atoms with van der Waals surface area (Å²) in [4.78, 5) is 8.82. The molecule has 0 unspecified atom stereocenters. The average molecular weight is 387 g/mol. The lowest BCUT2D eigenvalue weighted by molar-refractivity contribution is 0.370. The second kappa shape index (κ2) is 7.67. The summed E-state index contributed by atoms with van der Waals surface area (Å²) in [5, 5.41) is 25.9. The second-order valence-electron chi connectivity index (χ2n) is 6.72. The summed E-state index contributed by atoms with van der Waals surface area (Å²) in [6, 6.07) is 17.8. The number of benzene rings is 2. The zero-order chi connectivity index (χ0) is 20.4. The van der Waals surface area contributed by atoms with Gasteiger partial charge in [-0.2, -0.15) is 0 Å². The van der Waals surface area contributed by atoms with Crippen LogP contribution >= 0.6 is 0 Å². The third kappa shape index (κ3) is 3.52. The Morgan fingerprint density at radius 1 is 0.897 bits per heavy atom. The van der Waals surface area contributed by atoms with Gasteiger partial charge in [0.2, 0.25) is 0 Å². The van der Waals surface area contributed by atoms with Crippen molar-refractivity contribution in [2.45, 2.75) is 13.0 Å². The van der Waals surface area contributed by atoms with Crippen molar-refractivity contribution < 1.29 is 14.9 Å². The minimum Gasteiger partial charge on any atom is -0.505 e. The SMILES string of the molecule is COc1cccc([C@@H](Nc2cccc(C)n2)c2ccc3cccnc3c2O)c1O. The molecule has 0 saturated heterocycles. The van der Waals surface area contributed by atoms with E-state index in [0.29, 0.717) is 28.2 Å². The summed E-state index contributed by atoms with van der Waals surface area (Å²) in [7, 11) is 1.50. The number of fused-ring (bicyclic) bond motifs is 1. The monoisotopic (exact) mass is 387 g/mol. The van der Waals surface area contributed by atoms with Crippen molar-refractivity contribution in [3.63, 3.8) is 0 Å². The van der Waals surface area contributed by atoms with Gasteiger partial charge in [0.25, 0.3) is 0 Å². The van der Waals surface area contributed by atoms with E-state index in [-0.39, 0.29) is 11.5 Å². The molecular weight excluding hydrogens is 366 g/mol. The minimum atomic E-state index is -0.578. The van der Waals surface area contributed by atoms with Crippen molar-refractivity contribution in [2.75, 3.05) is 12.4 Å². The molecule has 0 fully saturated rings. The predicted octanol–water partition coefficient (Wildman–Crippen LogP) is 4.56. The molecule has 0 aliphatic carbocycles. The molecule has 2 aromatic heterocycles. The summed E-state index contributed by atoms with van der Waals surface area (Å²) in [6.07, 6.45) is 1.64. The number of nitrogens with zero attached hydrogens (tertiary/aromatic N) is 2. The van der Waals surface area contributed by atoms with E-state index in [4.69, 9.17) is 4.74 Å². The largest absolute Gasteiger partial charge is 0.505 e. The molecule has 6 heteroatoms. The van der Waals surface area contributed by atoms with Gasteiger partial charge in [0.15, 0.2) is 11.5 Å². The van der Waals surface area contributed by atoms with Crippen molar-refractivity contribution in [1.29, 1.82) is 0 Å². The van der Waals surface area contributed by atoms with Gasteiger partial charge >= 0.3 is 0 Å². The maximum atomic E-state index is 11.0. The average Bonchev–Trinajstić information content (AvgIpc) is 2.73. The number of aromatic hydroxyl groups is 2. The molecule has 29 heavy (non-hydrogen) atoms. The molecule has 4 rings (SSSR count). The molecule has 3 N–H and O–H groups in total. The fourth-order valence-corrected chi connectivity index (χ4v) is 3.41. The van der Waals surface area contributed by atoms with E-state index in [2.05, 4.69) is 15.3 Å². The summed E-state index contributed by atoms with van der Waals surface area (Å²) in [5.41, 5.74) is 2.48. The highest BCUT2D eigenvalue weighted by atomic mass is 16.5. The number of anilines is 1. The van der Waals surface area contributed by atoms with E-state index in [9.17, 15) is 10.2 Å². The molecule has 2 heterocycles. The topological polar surface area (TPSA) is 87.5 Å². The Morgan fingerprint density at radius 2 is 1.69 bits per heavy atom. The van der Waals surface area contributed by atoms with Crippen LogP contribution in [0, 0.1) is 6.92 Å². The van der Waals surface area contributed by atoms with Crippen LogP contribution in [-0.4, -0.2) is 27.3 Å². The molecule has 1 atom stereocenters. The Bertz CT molecular complexity index is 1180. The molecule has 0 aliphatic rings. The van der Waals surface area contributed by atoms with Crippen LogP contribution in [0.4, 0.5) is 5.82 Å². The van der Waals surface area contributed by atoms with Crippen molar-refractivity contribution in [2.24, 2.45) is 0 Å². The zero-order valence-corrected chi connectivity index (χ0v) is 16.1. The van der Waals surface area contributed by atoms with Crippen LogP contribution in [0.2, 0.25) is 0 Å². The second-order valence-corrected chi connectivity index (χ2v) is 6.72. The van der Waals surface area contributed by atoms with E-state index >= 15 is 0 Å². The number of pyridine rings is 2. The Labute approximate surface area is 168 Å². The third-order valence-corrected chi connectivity index (χ3v) is 4.83. The van der Waals surface area contributed by atoms with Crippen molar-refractivity contribution >= 4 is 16.7 Å². The normalized spacial score (nSPS) is 11.9. The number of rotatable bonds is 5. The third-order valence-electron chi connectivity index (χ3n) is 4.83. The van der Waals surface area contributed by atoms with Gasteiger partial charge in [-0.25, -0.2) is 4.98 Å². The minimum absolute atomic E-state index is 0.000621. The molecule has 0 spiro atoms. The Morgan fingerprint density at radius 3 is 2.48 bits per heavy atom. The Balaban J connectivity index is 1.90. The molecule has 146 valence electrons. The highest BCUT2D eigenvalue weighted by Gasteiger charge is 2.24. The number of aryl methyl sites for hydroxylation is 1.